The molecule has 172 valence electrons. The van der Waals surface area contributed by atoms with Crippen molar-refractivity contribution in [2.45, 2.75) is 25.7 Å². The smallest absolute Gasteiger partial charge is 0.265 e. The Morgan fingerprint density at radius 3 is 2.55 bits per heavy atom. The molecule has 0 atom stereocenters. The van der Waals surface area contributed by atoms with Gasteiger partial charge in [-0.2, -0.15) is 0 Å². The van der Waals surface area contributed by atoms with Crippen LogP contribution < -0.4 is 22.3 Å². The number of carbonyl (C=O) groups excluding carboxylic acids is 2. The molecule has 1 fully saturated rings. The first kappa shape index (κ1) is 22.5. The number of nitrogens with two attached hydrogens (primary N) is 2. The van der Waals surface area contributed by atoms with Crippen LogP contribution in [0.3, 0.4) is 0 Å². The molecule has 1 aliphatic heterocycles. The number of carbonyl (C=O) groups is 2. The van der Waals surface area contributed by atoms with Crippen molar-refractivity contribution < 1.29 is 14.0 Å². The van der Waals surface area contributed by atoms with Gasteiger partial charge in [-0.15, -0.1) is 0 Å². The predicted octanol–water partition coefficient (Wildman–Crippen LogP) is 1.71. The summed E-state index contributed by atoms with van der Waals surface area (Å²) in [5.41, 5.74) is 10.7. The number of pyridine rings is 2. The summed E-state index contributed by atoms with van der Waals surface area (Å²) in [6, 6.07) is 8.18. The molecule has 5 N–H and O–H groups in total. The van der Waals surface area contributed by atoms with E-state index in [9.17, 15) is 18.8 Å². The number of nitrogens with one attached hydrogen (secondary N) is 1. The molecule has 3 heterocycles. The first-order valence-electron chi connectivity index (χ1n) is 10.1. The van der Waals surface area contributed by atoms with E-state index in [0.717, 1.165) is 10.1 Å². The fourth-order valence-corrected chi connectivity index (χ4v) is 3.83. The summed E-state index contributed by atoms with van der Waals surface area (Å²) < 4.78 is 14.9. The average Bonchev–Trinajstić information content (AvgIpc) is 2.75. The van der Waals surface area contributed by atoms with E-state index >= 15 is 0 Å². The summed E-state index contributed by atoms with van der Waals surface area (Å²) in [5.74, 6) is -1.12. The number of aromatic nitrogens is 2. The zero-order valence-electron chi connectivity index (χ0n) is 17.8. The lowest BCUT2D eigenvalue weighted by atomic mass is 9.99. The molecule has 2 amide bonds. The van der Waals surface area contributed by atoms with Crippen LogP contribution in [-0.4, -0.2) is 45.0 Å². The second-order valence-electron chi connectivity index (χ2n) is 8.29. The number of likely N-dealkylation sites (tertiary alicyclic amines) is 1. The van der Waals surface area contributed by atoms with E-state index in [0.29, 0.717) is 5.02 Å². The van der Waals surface area contributed by atoms with Crippen LogP contribution in [-0.2, 0) is 17.9 Å². The van der Waals surface area contributed by atoms with Crippen LogP contribution in [0.25, 0.3) is 11.0 Å². The minimum absolute atomic E-state index is 0.0672. The van der Waals surface area contributed by atoms with E-state index in [1.54, 1.807) is 24.3 Å². The van der Waals surface area contributed by atoms with Gasteiger partial charge in [-0.1, -0.05) is 23.7 Å². The van der Waals surface area contributed by atoms with E-state index < -0.39 is 29.6 Å². The van der Waals surface area contributed by atoms with Gasteiger partial charge in [-0.05, 0) is 30.7 Å². The second-order valence-corrected chi connectivity index (χ2v) is 8.72. The van der Waals surface area contributed by atoms with Gasteiger partial charge in [-0.3, -0.25) is 19.0 Å². The molecule has 11 heteroatoms. The van der Waals surface area contributed by atoms with Gasteiger partial charge >= 0.3 is 0 Å². The zero-order chi connectivity index (χ0) is 23.9. The monoisotopic (exact) mass is 472 g/mol. The number of rotatable bonds is 5. The number of halogens is 2. The van der Waals surface area contributed by atoms with E-state index in [1.807, 2.05) is 0 Å². The number of alkyl halides is 1. The molecular weight excluding hydrogens is 451 g/mol. The van der Waals surface area contributed by atoms with Crippen molar-refractivity contribution >= 4 is 45.8 Å². The summed E-state index contributed by atoms with van der Waals surface area (Å²) in [4.78, 5) is 44.2. The number of hydrogen-bond acceptors (Lipinski definition) is 6. The van der Waals surface area contributed by atoms with Gasteiger partial charge in [0.2, 0.25) is 5.91 Å². The van der Waals surface area contributed by atoms with Gasteiger partial charge in [0.25, 0.3) is 11.5 Å². The number of nitrogen functional groups attached to an aromatic ring is 2. The van der Waals surface area contributed by atoms with Crippen molar-refractivity contribution in [2.75, 3.05) is 24.6 Å². The van der Waals surface area contributed by atoms with Crippen molar-refractivity contribution in [2.24, 2.45) is 0 Å². The molecule has 4 rings (SSSR count). The van der Waals surface area contributed by atoms with Gasteiger partial charge in [0.05, 0.1) is 30.7 Å². The molecule has 0 bridgehead atoms. The molecule has 33 heavy (non-hydrogen) atoms. The zero-order valence-corrected chi connectivity index (χ0v) is 18.5. The van der Waals surface area contributed by atoms with Crippen molar-refractivity contribution in [3.8, 4) is 0 Å². The Labute approximate surface area is 193 Å². The summed E-state index contributed by atoms with van der Waals surface area (Å²) in [7, 11) is 0. The maximum absolute atomic E-state index is 13.8. The lowest BCUT2D eigenvalue weighted by Crippen LogP contribution is -2.60. The maximum atomic E-state index is 13.8. The average molecular weight is 473 g/mol. The normalized spacial score (nSPS) is 14.7. The first-order chi connectivity index (χ1) is 15.6. The Kier molecular flexibility index (Phi) is 5.71. The third kappa shape index (κ3) is 4.47. The first-order valence-corrected chi connectivity index (χ1v) is 10.5. The SMILES string of the molecule is CC1(F)CN(C(=O)Cn2c(=O)c(C(=O)NCc3ccc(Cl)cc3)cc3c(N)c(N)cnc32)C1. The highest BCUT2D eigenvalue weighted by Gasteiger charge is 2.41. The number of amides is 2. The molecule has 0 radical (unpaired) electrons. The molecule has 1 aliphatic rings. The summed E-state index contributed by atoms with van der Waals surface area (Å²) in [5, 5.41) is 3.50. The number of anilines is 2. The minimum atomic E-state index is -1.46. The predicted molar refractivity (Wildman–Crippen MR) is 124 cm³/mol. The van der Waals surface area contributed by atoms with Crippen LogP contribution in [0.5, 0.6) is 0 Å². The molecule has 1 saturated heterocycles. The van der Waals surface area contributed by atoms with E-state index in [4.69, 9.17) is 23.1 Å². The van der Waals surface area contributed by atoms with Crippen LogP contribution in [0, 0.1) is 0 Å². The Balaban J connectivity index is 1.69. The minimum Gasteiger partial charge on any atom is -0.396 e. The lowest BCUT2D eigenvalue weighted by molar-refractivity contribution is -0.144. The molecule has 3 aromatic rings. The number of nitrogens with zero attached hydrogens (tertiary/aromatic N) is 3. The van der Waals surface area contributed by atoms with Crippen molar-refractivity contribution in [1.82, 2.24) is 19.8 Å². The summed E-state index contributed by atoms with van der Waals surface area (Å²) in [6.45, 7) is 1.000. The fourth-order valence-electron chi connectivity index (χ4n) is 3.70. The molecule has 0 aliphatic carbocycles. The molecule has 1 aromatic carbocycles. The maximum Gasteiger partial charge on any atom is 0.265 e. The number of hydrogen-bond donors (Lipinski definition) is 3. The molecule has 2 aromatic heterocycles. The van der Waals surface area contributed by atoms with Crippen molar-refractivity contribution in [1.29, 1.82) is 0 Å². The molecular formula is C22H22ClFN6O3. The topological polar surface area (TPSA) is 136 Å². The molecule has 0 unspecified atom stereocenters. The standard InChI is InChI=1S/C22H22ClFN6O3/c1-22(24)10-29(11-22)17(31)9-30-19-14(18(26)16(25)8-27-19)6-15(21(30)33)20(32)28-7-12-2-4-13(23)5-3-12/h2-6,8H,7,9-11,25H2,1H3,(H2,26,27)(H,28,32). The van der Waals surface area contributed by atoms with Crippen LogP contribution >= 0.6 is 11.6 Å². The number of benzene rings is 1. The quantitative estimate of drug-likeness (QED) is 0.517. The van der Waals surface area contributed by atoms with Gasteiger partial charge in [-0.25, -0.2) is 9.37 Å². The van der Waals surface area contributed by atoms with Crippen molar-refractivity contribution in [3.63, 3.8) is 0 Å². The largest absolute Gasteiger partial charge is 0.396 e. The third-order valence-electron chi connectivity index (χ3n) is 5.49. The van der Waals surface area contributed by atoms with Gasteiger partial charge < -0.3 is 21.7 Å². The van der Waals surface area contributed by atoms with Gasteiger partial charge in [0, 0.05) is 17.0 Å². The molecule has 0 spiro atoms. The van der Waals surface area contributed by atoms with E-state index in [-0.39, 0.29) is 47.6 Å². The highest BCUT2D eigenvalue weighted by atomic mass is 35.5. The van der Waals surface area contributed by atoms with E-state index in [2.05, 4.69) is 10.3 Å². The highest BCUT2D eigenvalue weighted by Crippen LogP contribution is 2.26. The highest BCUT2D eigenvalue weighted by molar-refractivity contribution is 6.30. The molecule has 0 saturated carbocycles. The van der Waals surface area contributed by atoms with Gasteiger partial charge in [0.1, 0.15) is 23.4 Å². The Bertz CT molecular complexity index is 1310. The molecule has 9 nitrogen and oxygen atoms in total. The van der Waals surface area contributed by atoms with Gasteiger partial charge in [0.15, 0.2) is 0 Å². The summed E-state index contributed by atoms with van der Waals surface area (Å²) >= 11 is 5.87. The van der Waals surface area contributed by atoms with Crippen molar-refractivity contribution in [3.05, 3.63) is 63.0 Å². The second kappa shape index (κ2) is 8.36. The fraction of sp³-hybridized carbons (Fsp3) is 0.273. The lowest BCUT2D eigenvalue weighted by Gasteiger charge is -2.42. The summed E-state index contributed by atoms with van der Waals surface area (Å²) in [6.07, 6.45) is 1.28. The van der Waals surface area contributed by atoms with E-state index in [1.165, 1.54) is 24.1 Å². The third-order valence-corrected chi connectivity index (χ3v) is 5.74. The van der Waals surface area contributed by atoms with Crippen LogP contribution in [0.2, 0.25) is 5.02 Å². The van der Waals surface area contributed by atoms with Crippen LogP contribution in [0.4, 0.5) is 15.8 Å². The Morgan fingerprint density at radius 1 is 1.24 bits per heavy atom. The van der Waals surface area contributed by atoms with Crippen LogP contribution in [0.1, 0.15) is 22.8 Å². The number of fused-ring (bicyclic) bond motifs is 1. The van der Waals surface area contributed by atoms with Crippen LogP contribution in [0.15, 0.2) is 41.3 Å². The Morgan fingerprint density at radius 2 is 1.91 bits per heavy atom. The Hall–Kier alpha value is -3.66.